The van der Waals surface area contributed by atoms with Crippen molar-refractivity contribution >= 4 is 22.9 Å². The molecule has 1 N–H and O–H groups in total. The van der Waals surface area contributed by atoms with E-state index in [4.69, 9.17) is 4.98 Å². The van der Waals surface area contributed by atoms with E-state index in [0.717, 1.165) is 54.5 Å². The molecule has 2 saturated carbocycles. The Bertz CT molecular complexity index is 967. The summed E-state index contributed by atoms with van der Waals surface area (Å²) in [4.78, 5) is 31.3. The number of aryl methyl sites for hydroxylation is 2. The third kappa shape index (κ3) is 2.55. The first kappa shape index (κ1) is 16.7. The van der Waals surface area contributed by atoms with E-state index in [9.17, 15) is 14.7 Å². The molecule has 3 aliphatic rings. The van der Waals surface area contributed by atoms with Crippen molar-refractivity contribution in [3.8, 4) is 0 Å². The Hall–Kier alpha value is -2.44. The zero-order valence-corrected chi connectivity index (χ0v) is 15.7. The standard InChI is InChI=1S/C20H24N4O3/c1-11-16-13(9-15(12-3-4-12)21-17(16)23(2)22-11)18(25)24-7-5-20(6-8-24)10-14(20)19(26)27/h9,12,14H,3-8,10H2,1-2H3,(H,26,27). The Morgan fingerprint density at radius 3 is 2.56 bits per heavy atom. The molecule has 1 spiro atoms. The van der Waals surface area contributed by atoms with Crippen molar-refractivity contribution in [2.45, 2.75) is 44.9 Å². The zero-order chi connectivity index (χ0) is 18.9. The molecule has 27 heavy (non-hydrogen) atoms. The van der Waals surface area contributed by atoms with E-state index in [1.807, 2.05) is 24.9 Å². The number of hydrogen-bond acceptors (Lipinski definition) is 4. The van der Waals surface area contributed by atoms with Gasteiger partial charge in [0.15, 0.2) is 5.65 Å². The van der Waals surface area contributed by atoms with Crippen molar-refractivity contribution in [1.82, 2.24) is 19.7 Å². The lowest BCUT2D eigenvalue weighted by Crippen LogP contribution is -2.40. The molecule has 142 valence electrons. The summed E-state index contributed by atoms with van der Waals surface area (Å²) in [6.07, 6.45) is 4.59. The van der Waals surface area contributed by atoms with E-state index in [-0.39, 0.29) is 17.2 Å². The van der Waals surface area contributed by atoms with Gasteiger partial charge in [0.25, 0.3) is 5.91 Å². The minimum Gasteiger partial charge on any atom is -0.481 e. The van der Waals surface area contributed by atoms with E-state index in [1.165, 1.54) is 0 Å². The van der Waals surface area contributed by atoms with Gasteiger partial charge in [-0.2, -0.15) is 5.10 Å². The molecular weight excluding hydrogens is 344 g/mol. The van der Waals surface area contributed by atoms with Gasteiger partial charge in [-0.3, -0.25) is 14.3 Å². The summed E-state index contributed by atoms with van der Waals surface area (Å²) < 4.78 is 1.76. The normalized spacial score (nSPS) is 23.8. The molecule has 1 unspecified atom stereocenters. The molecule has 2 aliphatic carbocycles. The molecule has 0 radical (unpaired) electrons. The Kier molecular flexibility index (Phi) is 3.42. The highest BCUT2D eigenvalue weighted by Gasteiger charge is 2.59. The summed E-state index contributed by atoms with van der Waals surface area (Å²) in [5.74, 6) is -0.415. The van der Waals surface area contributed by atoms with Gasteiger partial charge in [0.05, 0.1) is 22.6 Å². The van der Waals surface area contributed by atoms with E-state index in [2.05, 4.69) is 5.10 Å². The van der Waals surface area contributed by atoms with Gasteiger partial charge in [0.2, 0.25) is 0 Å². The third-order valence-corrected chi connectivity index (χ3v) is 6.75. The second-order valence-electron chi connectivity index (χ2n) is 8.53. The Labute approximate surface area is 157 Å². The molecule has 1 atom stereocenters. The lowest BCUT2D eigenvalue weighted by molar-refractivity contribution is -0.139. The summed E-state index contributed by atoms with van der Waals surface area (Å²) in [6, 6.07) is 1.97. The van der Waals surface area contributed by atoms with Crippen LogP contribution in [0.1, 0.15) is 59.8 Å². The first-order chi connectivity index (χ1) is 12.9. The second kappa shape index (κ2) is 5.53. The number of amides is 1. The zero-order valence-electron chi connectivity index (χ0n) is 15.7. The number of likely N-dealkylation sites (tertiary alicyclic amines) is 1. The van der Waals surface area contributed by atoms with Crippen molar-refractivity contribution in [1.29, 1.82) is 0 Å². The average Bonchev–Trinajstić information content (AvgIpc) is 3.55. The number of carboxylic acid groups (broad SMARTS) is 1. The second-order valence-corrected chi connectivity index (χ2v) is 8.53. The number of aliphatic carboxylic acids is 1. The lowest BCUT2D eigenvalue weighted by atomic mass is 9.90. The number of piperidine rings is 1. The number of carbonyl (C=O) groups excluding carboxylic acids is 1. The Morgan fingerprint density at radius 2 is 1.96 bits per heavy atom. The molecular formula is C20H24N4O3. The minimum absolute atomic E-state index is 0.0303. The quantitative estimate of drug-likeness (QED) is 0.899. The molecule has 2 aromatic heterocycles. The molecule has 1 saturated heterocycles. The van der Waals surface area contributed by atoms with Gasteiger partial charge in [0.1, 0.15) is 0 Å². The predicted molar refractivity (Wildman–Crippen MR) is 98.5 cm³/mol. The number of aromatic nitrogens is 3. The van der Waals surface area contributed by atoms with E-state index < -0.39 is 5.97 Å². The maximum absolute atomic E-state index is 13.4. The molecule has 5 rings (SSSR count). The number of hydrogen-bond donors (Lipinski definition) is 1. The van der Waals surface area contributed by atoms with E-state index in [0.29, 0.717) is 24.6 Å². The van der Waals surface area contributed by atoms with Crippen LogP contribution >= 0.6 is 0 Å². The van der Waals surface area contributed by atoms with Gasteiger partial charge in [-0.15, -0.1) is 0 Å². The van der Waals surface area contributed by atoms with Crippen LogP contribution in [0, 0.1) is 18.3 Å². The highest BCUT2D eigenvalue weighted by Crippen LogP contribution is 2.59. The average molecular weight is 368 g/mol. The third-order valence-electron chi connectivity index (χ3n) is 6.75. The van der Waals surface area contributed by atoms with Crippen LogP contribution in [0.4, 0.5) is 0 Å². The van der Waals surface area contributed by atoms with Crippen LogP contribution < -0.4 is 0 Å². The SMILES string of the molecule is Cc1nn(C)c2nc(C3CC3)cc(C(=O)N3CCC4(CC3)CC4C(=O)O)c12. The maximum atomic E-state index is 13.4. The molecule has 3 fully saturated rings. The topological polar surface area (TPSA) is 88.3 Å². The molecule has 1 aliphatic heterocycles. The Morgan fingerprint density at radius 1 is 1.26 bits per heavy atom. The summed E-state index contributed by atoms with van der Waals surface area (Å²) in [7, 11) is 1.87. The fourth-order valence-electron chi connectivity index (χ4n) is 4.80. The number of carbonyl (C=O) groups is 2. The monoisotopic (exact) mass is 368 g/mol. The number of carboxylic acids is 1. The van der Waals surface area contributed by atoms with Crippen molar-refractivity contribution in [3.05, 3.63) is 23.0 Å². The van der Waals surface area contributed by atoms with Crippen LogP contribution in [0.5, 0.6) is 0 Å². The molecule has 3 heterocycles. The fraction of sp³-hybridized carbons (Fsp3) is 0.600. The van der Waals surface area contributed by atoms with Gasteiger partial charge in [-0.1, -0.05) is 0 Å². The number of rotatable bonds is 3. The van der Waals surface area contributed by atoms with Crippen molar-refractivity contribution in [2.24, 2.45) is 18.4 Å². The highest BCUT2D eigenvalue weighted by molar-refractivity contribution is 6.06. The van der Waals surface area contributed by atoms with E-state index >= 15 is 0 Å². The van der Waals surface area contributed by atoms with Crippen molar-refractivity contribution < 1.29 is 14.7 Å². The fourth-order valence-corrected chi connectivity index (χ4v) is 4.80. The van der Waals surface area contributed by atoms with Crippen molar-refractivity contribution in [2.75, 3.05) is 13.1 Å². The lowest BCUT2D eigenvalue weighted by Gasteiger charge is -2.33. The highest BCUT2D eigenvalue weighted by atomic mass is 16.4. The van der Waals surface area contributed by atoms with Crippen LogP contribution in [0.3, 0.4) is 0 Å². The molecule has 0 aromatic carbocycles. The maximum Gasteiger partial charge on any atom is 0.307 e. The minimum atomic E-state index is -0.689. The first-order valence-electron chi connectivity index (χ1n) is 9.76. The summed E-state index contributed by atoms with van der Waals surface area (Å²) >= 11 is 0. The van der Waals surface area contributed by atoms with Gasteiger partial charge >= 0.3 is 5.97 Å². The van der Waals surface area contributed by atoms with Crippen LogP contribution in [0.25, 0.3) is 11.0 Å². The number of fused-ring (bicyclic) bond motifs is 1. The Balaban J connectivity index is 1.45. The largest absolute Gasteiger partial charge is 0.481 e. The first-order valence-corrected chi connectivity index (χ1v) is 9.76. The summed E-state index contributed by atoms with van der Waals surface area (Å²) in [6.45, 7) is 3.18. The van der Waals surface area contributed by atoms with Crippen LogP contribution in [-0.2, 0) is 11.8 Å². The van der Waals surface area contributed by atoms with Crippen molar-refractivity contribution in [3.63, 3.8) is 0 Å². The van der Waals surface area contributed by atoms with Gasteiger partial charge < -0.3 is 10.0 Å². The predicted octanol–water partition coefficient (Wildman–Crippen LogP) is 2.48. The summed E-state index contributed by atoms with van der Waals surface area (Å²) in [5, 5.41) is 14.6. The van der Waals surface area contributed by atoms with Gasteiger partial charge in [-0.25, -0.2) is 4.98 Å². The number of nitrogens with zero attached hydrogens (tertiary/aromatic N) is 4. The van der Waals surface area contributed by atoms with E-state index in [1.54, 1.807) is 4.68 Å². The molecule has 7 nitrogen and oxygen atoms in total. The number of pyridine rings is 1. The van der Waals surface area contributed by atoms with Crippen LogP contribution in [0.2, 0.25) is 0 Å². The van der Waals surface area contributed by atoms with Gasteiger partial charge in [-0.05, 0) is 50.5 Å². The smallest absolute Gasteiger partial charge is 0.307 e. The molecule has 7 heteroatoms. The molecule has 2 aromatic rings. The van der Waals surface area contributed by atoms with Crippen LogP contribution in [0.15, 0.2) is 6.07 Å². The molecule has 0 bridgehead atoms. The summed E-state index contributed by atoms with van der Waals surface area (Å²) in [5.41, 5.74) is 3.23. The van der Waals surface area contributed by atoms with Crippen LogP contribution in [-0.4, -0.2) is 49.7 Å². The van der Waals surface area contributed by atoms with Gasteiger partial charge in [0, 0.05) is 31.7 Å². The molecule has 1 amide bonds.